The molecule has 2 aliphatic rings. The van der Waals surface area contributed by atoms with E-state index in [-0.39, 0.29) is 19.8 Å². The molecule has 41 heavy (non-hydrogen) atoms. The summed E-state index contributed by atoms with van der Waals surface area (Å²) >= 11 is 17.6. The number of carbonyl (C=O) groups is 1. The van der Waals surface area contributed by atoms with Crippen LogP contribution in [-0.4, -0.2) is 54.1 Å². The molecule has 0 saturated carbocycles. The number of carbonyl (C=O) groups excluding carboxylic acids is 1. The minimum atomic E-state index is -2.21. The first kappa shape index (κ1) is 30.1. The van der Waals surface area contributed by atoms with E-state index in [1.807, 2.05) is 84.9 Å². The monoisotopic (exact) mass is 621 g/mol. The Hall–Kier alpha value is -2.40. The van der Waals surface area contributed by atoms with Crippen LogP contribution in [0.2, 0.25) is 0 Å². The Morgan fingerprint density at radius 2 is 1.46 bits per heavy atom. The topological polar surface area (TPSA) is 84.5 Å². The van der Waals surface area contributed by atoms with Crippen LogP contribution in [0.4, 0.5) is 0 Å². The molecule has 2 heterocycles. The third kappa shape index (κ3) is 7.71. The molecule has 2 aliphatic heterocycles. The Morgan fingerprint density at radius 3 is 2.10 bits per heavy atom. The molecule has 6 atom stereocenters. The third-order valence-corrected chi connectivity index (χ3v) is 7.33. The molecule has 0 bridgehead atoms. The van der Waals surface area contributed by atoms with E-state index in [1.165, 1.54) is 0 Å². The molecule has 1 amide bonds. The summed E-state index contributed by atoms with van der Waals surface area (Å²) in [7, 11) is 1.61. The summed E-state index contributed by atoms with van der Waals surface area (Å²) in [6.45, 7) is 0.625. The fourth-order valence-electron chi connectivity index (χ4n) is 4.74. The standard InChI is InChI=1S/C30H30Cl3NO7/c1-36-22-14-12-20(13-15-22)17-37-25-24-23(18-39-28(41-24)21-10-6-3-7-11-21)40-27(34-29(35)30(31,32)33)26(25)38-16-19-8-4-2-5-9-19/h2-15,23-28H,16-18H2,1H3,(H,34,35)/t23-,24-,25+,26+,27-,28?/m1/s1. The number of hydrogen-bond donors (Lipinski definition) is 1. The van der Waals surface area contributed by atoms with Gasteiger partial charge in [-0.3, -0.25) is 4.79 Å². The first-order valence-electron chi connectivity index (χ1n) is 13.1. The van der Waals surface area contributed by atoms with Crippen LogP contribution in [0.1, 0.15) is 23.0 Å². The molecule has 218 valence electrons. The summed E-state index contributed by atoms with van der Waals surface area (Å²) in [4.78, 5) is 12.7. The fourth-order valence-corrected chi connectivity index (χ4v) is 4.91. The minimum Gasteiger partial charge on any atom is -0.497 e. The highest BCUT2D eigenvalue weighted by molar-refractivity contribution is 6.76. The van der Waals surface area contributed by atoms with Crippen LogP contribution in [0.15, 0.2) is 84.9 Å². The van der Waals surface area contributed by atoms with E-state index in [2.05, 4.69) is 5.32 Å². The van der Waals surface area contributed by atoms with Crippen molar-refractivity contribution in [2.24, 2.45) is 0 Å². The highest BCUT2D eigenvalue weighted by Crippen LogP contribution is 2.37. The van der Waals surface area contributed by atoms with E-state index in [0.29, 0.717) is 0 Å². The second-order valence-corrected chi connectivity index (χ2v) is 11.9. The summed E-state index contributed by atoms with van der Waals surface area (Å²) in [6.07, 6.45) is -4.41. The van der Waals surface area contributed by atoms with Gasteiger partial charge in [0.2, 0.25) is 0 Å². The molecule has 0 aromatic heterocycles. The predicted molar refractivity (Wildman–Crippen MR) is 154 cm³/mol. The van der Waals surface area contributed by atoms with Crippen LogP contribution in [0.5, 0.6) is 5.75 Å². The van der Waals surface area contributed by atoms with Crippen molar-refractivity contribution in [3.05, 3.63) is 102 Å². The summed E-state index contributed by atoms with van der Waals surface area (Å²) in [5, 5.41) is 2.67. The molecule has 11 heteroatoms. The van der Waals surface area contributed by atoms with Gasteiger partial charge in [-0.05, 0) is 23.3 Å². The second kappa shape index (κ2) is 13.7. The van der Waals surface area contributed by atoms with E-state index in [0.717, 1.165) is 22.4 Å². The number of fused-ring (bicyclic) bond motifs is 1. The minimum absolute atomic E-state index is 0.179. The molecular formula is C30H30Cl3NO7. The average molecular weight is 623 g/mol. The molecule has 1 unspecified atom stereocenters. The number of ether oxygens (including phenoxy) is 6. The van der Waals surface area contributed by atoms with Gasteiger partial charge >= 0.3 is 0 Å². The van der Waals surface area contributed by atoms with Gasteiger partial charge < -0.3 is 33.7 Å². The predicted octanol–water partition coefficient (Wildman–Crippen LogP) is 5.49. The van der Waals surface area contributed by atoms with E-state index in [1.54, 1.807) is 7.11 Å². The number of benzene rings is 3. The SMILES string of the molecule is COc1ccc(CO[C@@H]2[C@H](OCc3ccccc3)[C@H](NC(=O)C(Cl)(Cl)Cl)O[C@@H]3COC(c4ccccc4)O[C@@H]23)cc1. The maximum Gasteiger partial charge on any atom is 0.274 e. The van der Waals surface area contributed by atoms with Crippen molar-refractivity contribution >= 4 is 40.7 Å². The van der Waals surface area contributed by atoms with Crippen LogP contribution in [0, 0.1) is 0 Å². The molecular weight excluding hydrogens is 593 g/mol. The van der Waals surface area contributed by atoms with Crippen molar-refractivity contribution in [1.82, 2.24) is 5.32 Å². The zero-order valence-corrected chi connectivity index (χ0v) is 24.4. The Kier molecular flexibility index (Phi) is 10.1. The molecule has 3 aromatic carbocycles. The van der Waals surface area contributed by atoms with Crippen LogP contribution >= 0.6 is 34.8 Å². The number of alkyl halides is 3. The van der Waals surface area contributed by atoms with Gasteiger partial charge in [0.1, 0.15) is 30.2 Å². The van der Waals surface area contributed by atoms with E-state index in [4.69, 9.17) is 63.2 Å². The van der Waals surface area contributed by atoms with Crippen LogP contribution in [0.25, 0.3) is 0 Å². The van der Waals surface area contributed by atoms with Gasteiger partial charge in [0.25, 0.3) is 9.70 Å². The molecule has 0 spiro atoms. The number of amides is 1. The van der Waals surface area contributed by atoms with Crippen molar-refractivity contribution in [3.8, 4) is 5.75 Å². The van der Waals surface area contributed by atoms with Gasteiger partial charge in [0.15, 0.2) is 12.5 Å². The van der Waals surface area contributed by atoms with E-state index < -0.39 is 46.6 Å². The Morgan fingerprint density at radius 1 is 0.854 bits per heavy atom. The van der Waals surface area contributed by atoms with Crippen molar-refractivity contribution in [2.75, 3.05) is 13.7 Å². The highest BCUT2D eigenvalue weighted by Gasteiger charge is 2.52. The van der Waals surface area contributed by atoms with Crippen LogP contribution in [0.3, 0.4) is 0 Å². The maximum absolute atomic E-state index is 12.7. The van der Waals surface area contributed by atoms with Gasteiger partial charge in [-0.2, -0.15) is 0 Å². The van der Waals surface area contributed by atoms with Crippen LogP contribution < -0.4 is 10.1 Å². The zero-order chi connectivity index (χ0) is 28.8. The molecule has 0 aliphatic carbocycles. The molecule has 3 aromatic rings. The lowest BCUT2D eigenvalue weighted by atomic mass is 9.96. The van der Waals surface area contributed by atoms with E-state index in [9.17, 15) is 4.79 Å². The number of hydrogen-bond acceptors (Lipinski definition) is 7. The van der Waals surface area contributed by atoms with Crippen molar-refractivity contribution in [2.45, 2.75) is 53.9 Å². The molecule has 1 N–H and O–H groups in total. The van der Waals surface area contributed by atoms with Crippen LogP contribution in [-0.2, 0) is 41.7 Å². The number of methoxy groups -OCH3 is 1. The van der Waals surface area contributed by atoms with Gasteiger partial charge in [-0.1, -0.05) is 108 Å². The van der Waals surface area contributed by atoms with Crippen molar-refractivity contribution in [1.29, 1.82) is 0 Å². The summed E-state index contributed by atoms with van der Waals surface area (Å²) in [5.74, 6) is -0.120. The normalized spacial score (nSPS) is 26.1. The maximum atomic E-state index is 12.7. The van der Waals surface area contributed by atoms with Gasteiger partial charge in [-0.15, -0.1) is 0 Å². The Bertz CT molecular complexity index is 1260. The molecule has 2 fully saturated rings. The number of nitrogens with one attached hydrogen (secondary N) is 1. The molecule has 2 saturated heterocycles. The lowest BCUT2D eigenvalue weighted by molar-refractivity contribution is -0.342. The summed E-state index contributed by atoms with van der Waals surface area (Å²) in [6, 6.07) is 26.8. The average Bonchev–Trinajstić information content (AvgIpc) is 2.99. The largest absolute Gasteiger partial charge is 0.497 e. The fraction of sp³-hybridized carbons (Fsp3) is 0.367. The zero-order valence-electron chi connectivity index (χ0n) is 22.2. The van der Waals surface area contributed by atoms with Gasteiger partial charge in [0.05, 0.1) is 26.9 Å². The van der Waals surface area contributed by atoms with E-state index >= 15 is 0 Å². The Labute approximate surface area is 253 Å². The van der Waals surface area contributed by atoms with Gasteiger partial charge in [-0.25, -0.2) is 0 Å². The molecule has 0 radical (unpaired) electrons. The first-order valence-corrected chi connectivity index (χ1v) is 14.2. The third-order valence-electron chi connectivity index (χ3n) is 6.82. The highest BCUT2D eigenvalue weighted by atomic mass is 35.6. The number of halogens is 3. The van der Waals surface area contributed by atoms with Crippen molar-refractivity contribution in [3.63, 3.8) is 0 Å². The number of rotatable bonds is 9. The van der Waals surface area contributed by atoms with Crippen molar-refractivity contribution < 1.29 is 33.2 Å². The lowest BCUT2D eigenvalue weighted by Gasteiger charge is -2.49. The second-order valence-electron chi connectivity index (χ2n) is 9.63. The quantitative estimate of drug-likeness (QED) is 0.316. The van der Waals surface area contributed by atoms with Gasteiger partial charge in [0, 0.05) is 5.56 Å². The summed E-state index contributed by atoms with van der Waals surface area (Å²) < 4.78 is 34.7. The summed E-state index contributed by atoms with van der Waals surface area (Å²) in [5.41, 5.74) is 2.68. The molecule has 5 rings (SSSR count). The Balaban J connectivity index is 1.44. The smallest absolute Gasteiger partial charge is 0.274 e. The molecule has 8 nitrogen and oxygen atoms in total. The lowest BCUT2D eigenvalue weighted by Crippen LogP contribution is -2.67. The first-order chi connectivity index (χ1) is 19.8.